The molecule has 3 nitrogen and oxygen atoms in total. The zero-order chi connectivity index (χ0) is 13.7. The van der Waals surface area contributed by atoms with Gasteiger partial charge in [-0.3, -0.25) is 9.97 Å². The third-order valence-corrected chi connectivity index (χ3v) is 3.04. The van der Waals surface area contributed by atoms with Gasteiger partial charge >= 0.3 is 0 Å². The maximum Gasteiger partial charge on any atom is 0.141 e. The van der Waals surface area contributed by atoms with E-state index in [-0.39, 0.29) is 11.9 Å². The molecule has 2 heterocycles. The number of nitrogens with one attached hydrogen (secondary N) is 1. The number of hydrogen-bond acceptors (Lipinski definition) is 3. The summed E-state index contributed by atoms with van der Waals surface area (Å²) < 4.78 is 13.3. The van der Waals surface area contributed by atoms with Gasteiger partial charge in [0.05, 0.1) is 23.0 Å². The lowest BCUT2D eigenvalue weighted by molar-refractivity contribution is 0.572. The summed E-state index contributed by atoms with van der Waals surface area (Å²) in [4.78, 5) is 8.18. The largest absolute Gasteiger partial charge is 0.305 e. The molecule has 0 aromatic carbocycles. The molecule has 2 rings (SSSR count). The van der Waals surface area contributed by atoms with Crippen LogP contribution in [0.1, 0.15) is 30.6 Å². The second-order valence-corrected chi connectivity index (χ2v) is 4.60. The normalized spacial score (nSPS) is 12.4. The first-order chi connectivity index (χ1) is 9.22. The van der Waals surface area contributed by atoms with E-state index in [1.807, 2.05) is 0 Å². The molecule has 1 unspecified atom stereocenters. The SMILES string of the molecule is CCCNC(c1cncc(F)c1)c1ncccc1Cl. The van der Waals surface area contributed by atoms with E-state index in [0.717, 1.165) is 13.0 Å². The molecule has 1 atom stereocenters. The molecule has 5 heteroatoms. The maximum atomic E-state index is 13.3. The summed E-state index contributed by atoms with van der Waals surface area (Å²) in [5.41, 5.74) is 1.40. The number of hydrogen-bond donors (Lipinski definition) is 1. The van der Waals surface area contributed by atoms with E-state index in [2.05, 4.69) is 22.2 Å². The molecular formula is C14H15ClFN3. The van der Waals surface area contributed by atoms with Gasteiger partial charge in [0.1, 0.15) is 5.82 Å². The molecule has 0 aliphatic rings. The Labute approximate surface area is 116 Å². The van der Waals surface area contributed by atoms with Crippen molar-refractivity contribution in [1.82, 2.24) is 15.3 Å². The van der Waals surface area contributed by atoms with Gasteiger partial charge in [0, 0.05) is 12.4 Å². The highest BCUT2D eigenvalue weighted by Gasteiger charge is 2.18. The third-order valence-electron chi connectivity index (χ3n) is 2.72. The first kappa shape index (κ1) is 13.9. The van der Waals surface area contributed by atoms with Crippen LogP contribution < -0.4 is 5.32 Å². The van der Waals surface area contributed by atoms with Gasteiger partial charge in [-0.15, -0.1) is 0 Å². The molecular weight excluding hydrogens is 265 g/mol. The Hall–Kier alpha value is -1.52. The third kappa shape index (κ3) is 3.49. The van der Waals surface area contributed by atoms with Crippen molar-refractivity contribution in [1.29, 1.82) is 0 Å². The fraction of sp³-hybridized carbons (Fsp3) is 0.286. The number of nitrogens with zero attached hydrogens (tertiary/aromatic N) is 2. The van der Waals surface area contributed by atoms with Crippen LogP contribution in [0.4, 0.5) is 4.39 Å². The lowest BCUT2D eigenvalue weighted by atomic mass is 10.0. The van der Waals surface area contributed by atoms with E-state index in [9.17, 15) is 4.39 Å². The second kappa shape index (κ2) is 6.59. The number of aromatic nitrogens is 2. The van der Waals surface area contributed by atoms with Crippen molar-refractivity contribution < 1.29 is 4.39 Å². The van der Waals surface area contributed by atoms with E-state index < -0.39 is 0 Å². The van der Waals surface area contributed by atoms with E-state index >= 15 is 0 Å². The Bertz CT molecular complexity index is 548. The molecule has 0 spiro atoms. The highest BCUT2D eigenvalue weighted by molar-refractivity contribution is 6.31. The summed E-state index contributed by atoms with van der Waals surface area (Å²) in [5, 5.41) is 3.87. The van der Waals surface area contributed by atoms with Crippen molar-refractivity contribution in [3.63, 3.8) is 0 Å². The van der Waals surface area contributed by atoms with Crippen molar-refractivity contribution in [3.8, 4) is 0 Å². The van der Waals surface area contributed by atoms with Crippen LogP contribution in [0.2, 0.25) is 5.02 Å². The molecule has 1 N–H and O–H groups in total. The van der Waals surface area contributed by atoms with Gasteiger partial charge in [0.25, 0.3) is 0 Å². The van der Waals surface area contributed by atoms with Crippen molar-refractivity contribution in [2.45, 2.75) is 19.4 Å². The lowest BCUT2D eigenvalue weighted by Crippen LogP contribution is -2.24. The van der Waals surface area contributed by atoms with Gasteiger partial charge in [-0.2, -0.15) is 0 Å². The molecule has 2 aromatic heterocycles. The summed E-state index contributed by atoms with van der Waals surface area (Å²) in [5.74, 6) is -0.368. The van der Waals surface area contributed by atoms with Crippen LogP contribution in [-0.4, -0.2) is 16.5 Å². The number of halogens is 2. The van der Waals surface area contributed by atoms with Crippen molar-refractivity contribution in [3.05, 3.63) is 58.9 Å². The van der Waals surface area contributed by atoms with Gasteiger partial charge < -0.3 is 5.32 Å². The van der Waals surface area contributed by atoms with Crippen LogP contribution in [-0.2, 0) is 0 Å². The Morgan fingerprint density at radius 3 is 2.95 bits per heavy atom. The van der Waals surface area contributed by atoms with Crippen LogP contribution in [0, 0.1) is 5.82 Å². The van der Waals surface area contributed by atoms with Crippen molar-refractivity contribution in [2.24, 2.45) is 0 Å². The Kier molecular flexibility index (Phi) is 4.82. The van der Waals surface area contributed by atoms with E-state index in [1.54, 1.807) is 24.5 Å². The Balaban J connectivity index is 2.38. The first-order valence-corrected chi connectivity index (χ1v) is 6.54. The van der Waals surface area contributed by atoms with Crippen LogP contribution in [0.15, 0.2) is 36.8 Å². The topological polar surface area (TPSA) is 37.8 Å². The summed E-state index contributed by atoms with van der Waals surface area (Å²) in [7, 11) is 0. The Morgan fingerprint density at radius 1 is 1.42 bits per heavy atom. The van der Waals surface area contributed by atoms with E-state index in [4.69, 9.17) is 11.6 Å². The smallest absolute Gasteiger partial charge is 0.141 e. The maximum absolute atomic E-state index is 13.3. The molecule has 19 heavy (non-hydrogen) atoms. The van der Waals surface area contributed by atoms with Crippen molar-refractivity contribution in [2.75, 3.05) is 6.54 Å². The van der Waals surface area contributed by atoms with Crippen LogP contribution >= 0.6 is 11.6 Å². The minimum atomic E-state index is -0.368. The zero-order valence-corrected chi connectivity index (χ0v) is 11.4. The van der Waals surface area contributed by atoms with E-state index in [0.29, 0.717) is 16.3 Å². The molecule has 0 aliphatic heterocycles. The minimum absolute atomic E-state index is 0.253. The second-order valence-electron chi connectivity index (χ2n) is 4.19. The standard InChI is InChI=1S/C14H15ClFN3/c1-2-5-18-13(10-7-11(16)9-17-8-10)14-12(15)4-3-6-19-14/h3-4,6-9,13,18H,2,5H2,1H3. The van der Waals surface area contributed by atoms with Gasteiger partial charge in [-0.05, 0) is 36.7 Å². The molecule has 0 saturated carbocycles. The van der Waals surface area contributed by atoms with Gasteiger partial charge in [-0.25, -0.2) is 4.39 Å². The van der Waals surface area contributed by atoms with Gasteiger partial charge in [0.2, 0.25) is 0 Å². The molecule has 0 amide bonds. The number of rotatable bonds is 5. The molecule has 0 saturated heterocycles. The summed E-state index contributed by atoms with van der Waals surface area (Å²) in [6, 6.07) is 4.74. The lowest BCUT2D eigenvalue weighted by Gasteiger charge is -2.19. The average molecular weight is 280 g/mol. The summed E-state index contributed by atoms with van der Waals surface area (Å²) in [6.07, 6.45) is 5.44. The highest BCUT2D eigenvalue weighted by atomic mass is 35.5. The molecule has 0 aliphatic carbocycles. The molecule has 0 bridgehead atoms. The fourth-order valence-corrected chi connectivity index (χ4v) is 2.09. The average Bonchev–Trinajstić information content (AvgIpc) is 2.41. The quantitative estimate of drug-likeness (QED) is 0.912. The van der Waals surface area contributed by atoms with E-state index in [1.165, 1.54) is 12.3 Å². The van der Waals surface area contributed by atoms with Gasteiger partial charge in [-0.1, -0.05) is 18.5 Å². The van der Waals surface area contributed by atoms with Crippen molar-refractivity contribution >= 4 is 11.6 Å². The van der Waals surface area contributed by atoms with Crippen LogP contribution in [0.5, 0.6) is 0 Å². The van der Waals surface area contributed by atoms with Crippen LogP contribution in [0.25, 0.3) is 0 Å². The summed E-state index contributed by atoms with van der Waals surface area (Å²) >= 11 is 6.17. The molecule has 2 aromatic rings. The Morgan fingerprint density at radius 2 is 2.26 bits per heavy atom. The molecule has 0 radical (unpaired) electrons. The predicted molar refractivity (Wildman–Crippen MR) is 73.6 cm³/mol. The monoisotopic (exact) mass is 279 g/mol. The highest BCUT2D eigenvalue weighted by Crippen LogP contribution is 2.26. The van der Waals surface area contributed by atoms with Gasteiger partial charge in [0.15, 0.2) is 0 Å². The van der Waals surface area contributed by atoms with Crippen LogP contribution in [0.3, 0.4) is 0 Å². The summed E-state index contributed by atoms with van der Waals surface area (Å²) in [6.45, 7) is 2.85. The molecule has 0 fully saturated rings. The fourth-order valence-electron chi connectivity index (χ4n) is 1.86. The number of pyridine rings is 2. The first-order valence-electron chi connectivity index (χ1n) is 6.16. The predicted octanol–water partition coefficient (Wildman–Crippen LogP) is 3.36. The zero-order valence-electron chi connectivity index (χ0n) is 10.6. The minimum Gasteiger partial charge on any atom is -0.305 e. The molecule has 100 valence electrons.